The Balaban J connectivity index is 1.41. The number of rotatable bonds is 5. The third kappa shape index (κ3) is 3.80. The zero-order chi connectivity index (χ0) is 21.2. The number of hydrogen-bond acceptors (Lipinski definition) is 5. The van der Waals surface area contributed by atoms with Crippen molar-refractivity contribution in [2.45, 2.75) is 13.0 Å². The molecule has 0 saturated heterocycles. The van der Waals surface area contributed by atoms with E-state index in [1.54, 1.807) is 18.0 Å². The molecule has 0 bridgehead atoms. The van der Waals surface area contributed by atoms with Gasteiger partial charge in [-0.2, -0.15) is 5.10 Å². The van der Waals surface area contributed by atoms with Crippen LogP contribution in [0, 0.1) is 0 Å². The smallest absolute Gasteiger partial charge is 0.280 e. The van der Waals surface area contributed by atoms with Gasteiger partial charge in [-0.25, -0.2) is 4.68 Å². The highest BCUT2D eigenvalue weighted by Gasteiger charge is 2.23. The molecule has 0 fully saturated rings. The van der Waals surface area contributed by atoms with Crippen LogP contribution in [-0.4, -0.2) is 29.3 Å². The third-order valence-corrected chi connectivity index (χ3v) is 6.46. The zero-order valence-corrected chi connectivity index (χ0v) is 17.9. The summed E-state index contributed by atoms with van der Waals surface area (Å²) in [5.74, 6) is 0.131. The standard InChI is InChI=1S/C24H22N4O2S/c1-30-21-16-28(18-7-3-2-4-8-18)26-23(21)24(29)25-19-9-5-6-10-20(19)27-13-11-22-17(15-27)12-14-31-22/h2-10,12,14,16H,11,13,15H2,1H3,(H,25,29). The molecule has 4 aromatic rings. The van der Waals surface area contributed by atoms with Crippen LogP contribution in [0.25, 0.3) is 5.69 Å². The van der Waals surface area contributed by atoms with Crippen LogP contribution >= 0.6 is 11.3 Å². The number of para-hydroxylation sites is 3. The Hall–Kier alpha value is -3.58. The summed E-state index contributed by atoms with van der Waals surface area (Å²) in [6, 6.07) is 19.7. The van der Waals surface area contributed by atoms with Crippen molar-refractivity contribution in [3.8, 4) is 11.4 Å². The third-order valence-electron chi connectivity index (χ3n) is 5.44. The monoisotopic (exact) mass is 430 g/mol. The topological polar surface area (TPSA) is 59.4 Å². The van der Waals surface area contributed by atoms with Gasteiger partial charge >= 0.3 is 0 Å². The van der Waals surface area contributed by atoms with E-state index in [-0.39, 0.29) is 11.6 Å². The number of fused-ring (bicyclic) bond motifs is 1. The van der Waals surface area contributed by atoms with Crippen molar-refractivity contribution in [1.82, 2.24) is 9.78 Å². The quantitative estimate of drug-likeness (QED) is 0.496. The first-order valence-electron chi connectivity index (χ1n) is 10.1. The molecule has 2 aromatic carbocycles. The summed E-state index contributed by atoms with van der Waals surface area (Å²) in [4.78, 5) is 16.9. The highest BCUT2D eigenvalue weighted by Crippen LogP contribution is 2.33. The molecule has 0 radical (unpaired) electrons. The number of amides is 1. The zero-order valence-electron chi connectivity index (χ0n) is 17.1. The molecule has 0 spiro atoms. The van der Waals surface area contributed by atoms with Crippen LogP contribution in [-0.2, 0) is 13.0 Å². The second-order valence-electron chi connectivity index (χ2n) is 7.34. The van der Waals surface area contributed by atoms with Gasteiger partial charge in [0.15, 0.2) is 11.4 Å². The summed E-state index contributed by atoms with van der Waals surface area (Å²) >= 11 is 1.82. The number of methoxy groups -OCH3 is 1. The van der Waals surface area contributed by atoms with Crippen molar-refractivity contribution in [1.29, 1.82) is 0 Å². The number of carbonyl (C=O) groups excluding carboxylic acids is 1. The molecule has 156 valence electrons. The summed E-state index contributed by atoms with van der Waals surface area (Å²) in [6.07, 6.45) is 2.74. The Morgan fingerprint density at radius 1 is 1.10 bits per heavy atom. The Bertz CT molecular complexity index is 1220. The van der Waals surface area contributed by atoms with Gasteiger partial charge in [0.05, 0.1) is 30.4 Å². The van der Waals surface area contributed by atoms with Crippen LogP contribution < -0.4 is 15.0 Å². The number of aromatic nitrogens is 2. The SMILES string of the molecule is COc1cn(-c2ccccc2)nc1C(=O)Nc1ccccc1N1CCc2sccc2C1. The number of anilines is 2. The molecule has 0 saturated carbocycles. The Labute approximate surface area is 184 Å². The van der Waals surface area contributed by atoms with Crippen molar-refractivity contribution in [3.63, 3.8) is 0 Å². The fraction of sp³-hybridized carbons (Fsp3) is 0.167. The molecule has 0 aliphatic carbocycles. The summed E-state index contributed by atoms with van der Waals surface area (Å²) < 4.78 is 7.08. The van der Waals surface area contributed by atoms with Crippen LogP contribution in [0.2, 0.25) is 0 Å². The number of nitrogens with zero attached hydrogens (tertiary/aromatic N) is 3. The van der Waals surface area contributed by atoms with Crippen LogP contribution in [0.1, 0.15) is 20.9 Å². The number of ether oxygens (including phenoxy) is 1. The van der Waals surface area contributed by atoms with Crippen molar-refractivity contribution in [2.24, 2.45) is 0 Å². The number of hydrogen-bond donors (Lipinski definition) is 1. The van der Waals surface area contributed by atoms with E-state index in [1.165, 1.54) is 10.4 Å². The van der Waals surface area contributed by atoms with Gasteiger partial charge in [-0.05, 0) is 47.7 Å². The first-order valence-corrected chi connectivity index (χ1v) is 11.0. The predicted molar refractivity (Wildman–Crippen MR) is 124 cm³/mol. The summed E-state index contributed by atoms with van der Waals surface area (Å²) in [5.41, 5.74) is 4.25. The van der Waals surface area contributed by atoms with Crippen LogP contribution in [0.4, 0.5) is 11.4 Å². The van der Waals surface area contributed by atoms with Gasteiger partial charge in [0.25, 0.3) is 5.91 Å². The van der Waals surface area contributed by atoms with Gasteiger partial charge in [0.2, 0.25) is 0 Å². The highest BCUT2D eigenvalue weighted by atomic mass is 32.1. The molecule has 31 heavy (non-hydrogen) atoms. The second-order valence-corrected chi connectivity index (χ2v) is 8.34. The van der Waals surface area contributed by atoms with E-state index in [0.717, 1.165) is 36.6 Å². The van der Waals surface area contributed by atoms with Gasteiger partial charge in [-0.3, -0.25) is 4.79 Å². The van der Waals surface area contributed by atoms with Crippen LogP contribution in [0.5, 0.6) is 5.75 Å². The number of nitrogens with one attached hydrogen (secondary N) is 1. The maximum Gasteiger partial charge on any atom is 0.280 e. The van der Waals surface area contributed by atoms with Crippen molar-refractivity contribution in [3.05, 3.63) is 88.4 Å². The van der Waals surface area contributed by atoms with Gasteiger partial charge in [0, 0.05) is 18.0 Å². The van der Waals surface area contributed by atoms with Crippen molar-refractivity contribution < 1.29 is 9.53 Å². The van der Waals surface area contributed by atoms with Gasteiger partial charge in [-0.15, -0.1) is 11.3 Å². The maximum atomic E-state index is 13.1. The minimum atomic E-state index is -0.299. The van der Waals surface area contributed by atoms with E-state index in [9.17, 15) is 4.79 Å². The fourth-order valence-corrected chi connectivity index (χ4v) is 4.76. The van der Waals surface area contributed by atoms with Gasteiger partial charge in [-0.1, -0.05) is 30.3 Å². The number of thiophene rings is 1. The molecule has 5 rings (SSSR count). The molecule has 0 atom stereocenters. The van der Waals surface area contributed by atoms with Gasteiger partial charge < -0.3 is 15.0 Å². The molecule has 6 nitrogen and oxygen atoms in total. The normalized spacial score (nSPS) is 13.0. The molecule has 7 heteroatoms. The van der Waals surface area contributed by atoms with Gasteiger partial charge in [0.1, 0.15) is 0 Å². The van der Waals surface area contributed by atoms with Crippen LogP contribution in [0.15, 0.2) is 72.2 Å². The predicted octanol–water partition coefficient (Wildman–Crippen LogP) is 4.76. The van der Waals surface area contributed by atoms with Crippen molar-refractivity contribution >= 4 is 28.6 Å². The van der Waals surface area contributed by atoms with Crippen LogP contribution in [0.3, 0.4) is 0 Å². The van der Waals surface area contributed by atoms with E-state index in [4.69, 9.17) is 4.74 Å². The average Bonchev–Trinajstić information content (AvgIpc) is 3.46. The number of benzene rings is 2. The van der Waals surface area contributed by atoms with E-state index >= 15 is 0 Å². The lowest BCUT2D eigenvalue weighted by Gasteiger charge is -2.30. The Kier molecular flexibility index (Phi) is 5.18. The Morgan fingerprint density at radius 3 is 2.74 bits per heavy atom. The molecule has 1 N–H and O–H groups in total. The van der Waals surface area contributed by atoms with Crippen molar-refractivity contribution in [2.75, 3.05) is 23.9 Å². The molecule has 1 aliphatic heterocycles. The summed E-state index contributed by atoms with van der Waals surface area (Å²) in [6.45, 7) is 1.77. The van der Waals surface area contributed by atoms with E-state index in [1.807, 2.05) is 65.9 Å². The molecule has 0 unspecified atom stereocenters. The highest BCUT2D eigenvalue weighted by molar-refractivity contribution is 7.10. The maximum absolute atomic E-state index is 13.1. The molecule has 1 amide bonds. The minimum absolute atomic E-state index is 0.250. The second kappa shape index (κ2) is 8.28. The molecular weight excluding hydrogens is 408 g/mol. The first-order chi connectivity index (χ1) is 15.2. The lowest BCUT2D eigenvalue weighted by atomic mass is 10.1. The molecular formula is C24H22N4O2S. The summed E-state index contributed by atoms with van der Waals surface area (Å²) in [7, 11) is 1.54. The largest absolute Gasteiger partial charge is 0.493 e. The van der Waals surface area contributed by atoms with E-state index in [0.29, 0.717) is 5.75 Å². The Morgan fingerprint density at radius 2 is 1.90 bits per heavy atom. The average molecular weight is 431 g/mol. The summed E-state index contributed by atoms with van der Waals surface area (Å²) in [5, 5.41) is 9.68. The molecule has 1 aliphatic rings. The van der Waals surface area contributed by atoms with E-state index in [2.05, 4.69) is 26.8 Å². The lowest BCUT2D eigenvalue weighted by molar-refractivity contribution is 0.101. The minimum Gasteiger partial charge on any atom is -0.493 e. The lowest BCUT2D eigenvalue weighted by Crippen LogP contribution is -2.30. The fourth-order valence-electron chi connectivity index (χ4n) is 3.87. The molecule has 3 heterocycles. The van der Waals surface area contributed by atoms with E-state index < -0.39 is 0 Å². The number of carbonyl (C=O) groups is 1. The first kappa shape index (κ1) is 19.4. The molecule has 2 aromatic heterocycles.